The summed E-state index contributed by atoms with van der Waals surface area (Å²) in [6.07, 6.45) is 1.95. The van der Waals surface area contributed by atoms with Crippen LogP contribution in [0.1, 0.15) is 66.2 Å². The number of halogens is 2. The summed E-state index contributed by atoms with van der Waals surface area (Å²) in [7, 11) is 0. The molecule has 252 valence electrons. The molecule has 9 heteroatoms. The van der Waals surface area contributed by atoms with Gasteiger partial charge >= 0.3 is 5.97 Å². The molecule has 4 aromatic carbocycles. The Kier molecular flexibility index (Phi) is 9.40. The van der Waals surface area contributed by atoms with Crippen molar-refractivity contribution in [3.05, 3.63) is 166 Å². The van der Waals surface area contributed by atoms with Crippen LogP contribution in [0.5, 0.6) is 0 Å². The highest BCUT2D eigenvalue weighted by molar-refractivity contribution is 7.07. The molecule has 0 radical (unpaired) electrons. The summed E-state index contributed by atoms with van der Waals surface area (Å²) in [5.74, 6) is -0.172. The molecule has 2 aromatic heterocycles. The number of fused-ring (bicyclic) bond motifs is 2. The summed E-state index contributed by atoms with van der Waals surface area (Å²) >= 11 is 14.1. The number of esters is 1. The fourth-order valence-electron chi connectivity index (χ4n) is 6.61. The Bertz CT molecular complexity index is 2480. The van der Waals surface area contributed by atoms with Crippen LogP contribution >= 0.6 is 34.5 Å². The molecule has 0 fully saturated rings. The lowest BCUT2D eigenvalue weighted by Gasteiger charge is -2.26. The number of hydrogen-bond donors (Lipinski definition) is 0. The van der Waals surface area contributed by atoms with E-state index in [1.54, 1.807) is 17.6 Å². The van der Waals surface area contributed by atoms with Crippen molar-refractivity contribution in [3.63, 3.8) is 0 Å². The molecule has 0 amide bonds. The Morgan fingerprint density at radius 2 is 1.70 bits per heavy atom. The second-order valence-electron chi connectivity index (χ2n) is 12.6. The molecule has 0 spiro atoms. The van der Waals surface area contributed by atoms with Crippen LogP contribution in [-0.4, -0.2) is 21.7 Å². The van der Waals surface area contributed by atoms with Crippen LogP contribution in [0.15, 0.2) is 112 Å². The Morgan fingerprint density at radius 1 is 0.980 bits per heavy atom. The first-order valence-electron chi connectivity index (χ1n) is 16.6. The lowest BCUT2D eigenvalue weighted by Crippen LogP contribution is -2.40. The Morgan fingerprint density at radius 3 is 2.40 bits per heavy atom. The molecule has 1 atom stereocenters. The monoisotopic (exact) mass is 719 g/mol. The highest BCUT2D eigenvalue weighted by Gasteiger charge is 2.35. The maximum atomic E-state index is 14.6. The predicted molar refractivity (Wildman–Crippen MR) is 204 cm³/mol. The Labute approximate surface area is 304 Å². The van der Waals surface area contributed by atoms with Crippen LogP contribution in [0.2, 0.25) is 10.0 Å². The fraction of sp³-hybridized carbons (Fsp3) is 0.195. The Hall–Kier alpha value is -4.69. The minimum atomic E-state index is -0.738. The van der Waals surface area contributed by atoms with E-state index in [1.165, 1.54) is 11.3 Å². The highest BCUT2D eigenvalue weighted by Crippen LogP contribution is 2.36. The van der Waals surface area contributed by atoms with Crippen molar-refractivity contribution in [1.82, 2.24) is 9.13 Å². The van der Waals surface area contributed by atoms with E-state index in [4.69, 9.17) is 32.9 Å². The number of carbonyl (C=O) groups is 1. The zero-order chi connectivity index (χ0) is 35.1. The van der Waals surface area contributed by atoms with Gasteiger partial charge in [-0.25, -0.2) is 9.79 Å². The van der Waals surface area contributed by atoms with Gasteiger partial charge in [-0.2, -0.15) is 0 Å². The lowest BCUT2D eigenvalue weighted by molar-refractivity contribution is -0.138. The molecule has 0 saturated heterocycles. The molecular formula is C41H35Cl2N3O3S. The standard InChI is InChI=1S/C41H35Cl2N3O3S/c1-5-49-40(48)36-37(27-11-7-6-8-12-27)44-41-46(38(36)28-17-15-26(16-18-28)24(2)3)39(47)35(50-41)22-32-25(4)45(34-14-10-9-13-31(32)34)23-29-19-20-30(42)21-33(29)43/h6-22,24,38H,5,23H2,1-4H3/b35-22-/t38-/m1/s1. The van der Waals surface area contributed by atoms with Crippen molar-refractivity contribution in [3.8, 4) is 0 Å². The number of benzene rings is 4. The van der Waals surface area contributed by atoms with E-state index in [1.807, 2.05) is 72.8 Å². The highest BCUT2D eigenvalue weighted by atomic mass is 35.5. The van der Waals surface area contributed by atoms with Crippen LogP contribution in [-0.2, 0) is 16.1 Å². The second-order valence-corrected chi connectivity index (χ2v) is 14.4. The van der Waals surface area contributed by atoms with Gasteiger partial charge in [0.15, 0.2) is 4.80 Å². The minimum absolute atomic E-state index is 0.193. The first-order chi connectivity index (χ1) is 24.2. The summed E-state index contributed by atoms with van der Waals surface area (Å²) in [6, 6.07) is 30.7. The van der Waals surface area contributed by atoms with Crippen molar-refractivity contribution in [2.45, 2.75) is 46.2 Å². The van der Waals surface area contributed by atoms with E-state index >= 15 is 0 Å². The number of ether oxygens (including phenoxy) is 1. The van der Waals surface area contributed by atoms with Crippen LogP contribution in [0, 0.1) is 6.92 Å². The van der Waals surface area contributed by atoms with E-state index in [9.17, 15) is 9.59 Å². The van der Waals surface area contributed by atoms with Crippen molar-refractivity contribution >= 4 is 63.2 Å². The molecule has 0 unspecified atom stereocenters. The summed E-state index contributed by atoms with van der Waals surface area (Å²) in [6.45, 7) is 8.84. The van der Waals surface area contributed by atoms with Gasteiger partial charge in [0.25, 0.3) is 5.56 Å². The van der Waals surface area contributed by atoms with Gasteiger partial charge in [0.05, 0.1) is 28.5 Å². The smallest absolute Gasteiger partial charge is 0.338 e. The lowest BCUT2D eigenvalue weighted by atomic mass is 9.91. The molecular weight excluding hydrogens is 685 g/mol. The van der Waals surface area contributed by atoms with Gasteiger partial charge in [-0.05, 0) is 60.7 Å². The first-order valence-corrected chi connectivity index (χ1v) is 18.1. The molecule has 7 rings (SSSR count). The summed E-state index contributed by atoms with van der Waals surface area (Å²) < 4.78 is 10.0. The van der Waals surface area contributed by atoms with Crippen molar-refractivity contribution < 1.29 is 9.53 Å². The third-order valence-corrected chi connectivity index (χ3v) is 10.8. The van der Waals surface area contributed by atoms with Crippen LogP contribution < -0.4 is 14.9 Å². The molecule has 3 heterocycles. The maximum absolute atomic E-state index is 14.6. The average molecular weight is 721 g/mol. The number of thiazole rings is 1. The van der Waals surface area contributed by atoms with Gasteiger partial charge in [0.2, 0.25) is 0 Å². The molecule has 0 aliphatic carbocycles. The van der Waals surface area contributed by atoms with Crippen LogP contribution in [0.3, 0.4) is 0 Å². The van der Waals surface area contributed by atoms with Crippen LogP contribution in [0.4, 0.5) is 0 Å². The van der Waals surface area contributed by atoms with E-state index in [0.717, 1.165) is 44.4 Å². The van der Waals surface area contributed by atoms with E-state index in [-0.39, 0.29) is 12.2 Å². The zero-order valence-electron chi connectivity index (χ0n) is 28.1. The third kappa shape index (κ3) is 6.15. The maximum Gasteiger partial charge on any atom is 0.338 e. The summed E-state index contributed by atoms with van der Waals surface area (Å²) in [4.78, 5) is 34.0. The van der Waals surface area contributed by atoms with Gasteiger partial charge in [0.1, 0.15) is 0 Å². The number of hydrogen-bond acceptors (Lipinski definition) is 5. The van der Waals surface area contributed by atoms with Gasteiger partial charge in [-0.15, -0.1) is 0 Å². The zero-order valence-corrected chi connectivity index (χ0v) is 30.4. The van der Waals surface area contributed by atoms with Crippen molar-refractivity contribution in [2.75, 3.05) is 6.61 Å². The first kappa shape index (κ1) is 33.8. The summed E-state index contributed by atoms with van der Waals surface area (Å²) in [5.41, 5.74) is 7.24. The average Bonchev–Trinajstić information content (AvgIpc) is 3.57. The fourth-order valence-corrected chi connectivity index (χ4v) is 8.07. The van der Waals surface area contributed by atoms with Gasteiger partial charge in [0, 0.05) is 44.3 Å². The quantitative estimate of drug-likeness (QED) is 0.148. The van der Waals surface area contributed by atoms with E-state index in [2.05, 4.69) is 49.6 Å². The van der Waals surface area contributed by atoms with Crippen LogP contribution in [0.25, 0.3) is 22.7 Å². The largest absolute Gasteiger partial charge is 0.463 e. The third-order valence-electron chi connectivity index (χ3n) is 9.19. The van der Waals surface area contributed by atoms with E-state index < -0.39 is 12.0 Å². The topological polar surface area (TPSA) is 65.6 Å². The van der Waals surface area contributed by atoms with Gasteiger partial charge in [-0.3, -0.25) is 9.36 Å². The number of rotatable bonds is 8. The normalized spacial score (nSPS) is 14.7. The van der Waals surface area contributed by atoms with E-state index in [0.29, 0.717) is 43.1 Å². The number of carbonyl (C=O) groups excluding carboxylic acids is 1. The number of nitrogens with zero attached hydrogens (tertiary/aromatic N) is 3. The van der Waals surface area contributed by atoms with Gasteiger partial charge < -0.3 is 9.30 Å². The second kappa shape index (κ2) is 13.9. The molecule has 50 heavy (non-hydrogen) atoms. The SMILES string of the molecule is CCOC(=O)C1=C(c2ccccc2)N=c2s/c(=C\c3c(C)n(Cc4ccc(Cl)cc4Cl)c4ccccc34)c(=O)n2[C@@H]1c1ccc(C(C)C)cc1. The molecule has 0 saturated carbocycles. The molecule has 0 bridgehead atoms. The summed E-state index contributed by atoms with van der Waals surface area (Å²) in [5, 5.41) is 2.19. The molecule has 1 aliphatic heterocycles. The number of aromatic nitrogens is 2. The predicted octanol–water partition coefficient (Wildman–Crippen LogP) is 8.68. The van der Waals surface area contributed by atoms with Crippen molar-refractivity contribution in [2.24, 2.45) is 4.99 Å². The molecule has 1 aliphatic rings. The molecule has 6 nitrogen and oxygen atoms in total. The van der Waals surface area contributed by atoms with Gasteiger partial charge in [-0.1, -0.05) is 127 Å². The Balaban J connectivity index is 1.46. The van der Waals surface area contributed by atoms with Crippen molar-refractivity contribution in [1.29, 1.82) is 0 Å². The minimum Gasteiger partial charge on any atom is -0.463 e. The molecule has 0 N–H and O–H groups in total. The number of para-hydroxylation sites is 1. The molecule has 6 aromatic rings.